The van der Waals surface area contributed by atoms with E-state index in [4.69, 9.17) is 0 Å². The molecule has 0 atom stereocenters. The van der Waals surface area contributed by atoms with Crippen LogP contribution in [0.1, 0.15) is 31.4 Å². The lowest BCUT2D eigenvalue weighted by molar-refractivity contribution is 0.619. The molecule has 0 saturated heterocycles. The Morgan fingerprint density at radius 2 is 1.90 bits per heavy atom. The van der Waals surface area contributed by atoms with E-state index in [9.17, 15) is 4.39 Å². The van der Waals surface area contributed by atoms with Gasteiger partial charge in [-0.05, 0) is 53.8 Å². The maximum absolute atomic E-state index is 13.5. The molecular weight excluding hydrogens is 249 g/mol. The van der Waals surface area contributed by atoms with Crippen molar-refractivity contribution in [1.82, 2.24) is 5.32 Å². The van der Waals surface area contributed by atoms with Gasteiger partial charge in [-0.3, -0.25) is 0 Å². The second kappa shape index (κ2) is 7.20. The molecule has 0 unspecified atom stereocenters. The first-order valence-electron chi connectivity index (χ1n) is 7.33. The third kappa shape index (κ3) is 3.67. The van der Waals surface area contributed by atoms with E-state index in [0.717, 1.165) is 36.1 Å². The molecule has 1 N–H and O–H groups in total. The van der Waals surface area contributed by atoms with E-state index >= 15 is 0 Å². The van der Waals surface area contributed by atoms with Crippen molar-refractivity contribution in [1.29, 1.82) is 0 Å². The van der Waals surface area contributed by atoms with Crippen LogP contribution in [-0.4, -0.2) is 6.54 Å². The molecule has 20 heavy (non-hydrogen) atoms. The van der Waals surface area contributed by atoms with Gasteiger partial charge in [0.05, 0.1) is 0 Å². The fourth-order valence-corrected chi connectivity index (χ4v) is 2.35. The minimum Gasteiger partial charge on any atom is -0.313 e. The van der Waals surface area contributed by atoms with Crippen LogP contribution in [0.4, 0.5) is 4.39 Å². The average Bonchev–Trinajstić information content (AvgIpc) is 2.48. The van der Waals surface area contributed by atoms with Crippen LogP contribution in [0, 0.1) is 5.82 Å². The third-order valence-corrected chi connectivity index (χ3v) is 3.46. The first-order chi connectivity index (χ1) is 9.74. The van der Waals surface area contributed by atoms with Gasteiger partial charge in [0.25, 0.3) is 0 Å². The molecule has 0 fully saturated rings. The fourth-order valence-electron chi connectivity index (χ4n) is 2.35. The van der Waals surface area contributed by atoms with Crippen LogP contribution in [0.3, 0.4) is 0 Å². The molecule has 2 aromatic rings. The summed E-state index contributed by atoms with van der Waals surface area (Å²) >= 11 is 0. The summed E-state index contributed by atoms with van der Waals surface area (Å²) in [5, 5.41) is 3.35. The van der Waals surface area contributed by atoms with E-state index in [1.54, 1.807) is 6.07 Å². The Labute approximate surface area is 120 Å². The van der Waals surface area contributed by atoms with E-state index in [-0.39, 0.29) is 5.82 Å². The highest BCUT2D eigenvalue weighted by Gasteiger charge is 2.07. The van der Waals surface area contributed by atoms with Crippen molar-refractivity contribution in [2.45, 2.75) is 33.2 Å². The van der Waals surface area contributed by atoms with Crippen molar-refractivity contribution in [3.8, 4) is 11.1 Å². The summed E-state index contributed by atoms with van der Waals surface area (Å²) in [5.41, 5.74) is 4.61. The normalized spacial score (nSPS) is 10.8. The van der Waals surface area contributed by atoms with E-state index < -0.39 is 0 Å². The highest BCUT2D eigenvalue weighted by atomic mass is 19.1. The first kappa shape index (κ1) is 14.7. The van der Waals surface area contributed by atoms with Gasteiger partial charge in [-0.2, -0.15) is 0 Å². The molecule has 2 heteroatoms. The Morgan fingerprint density at radius 1 is 1.05 bits per heavy atom. The molecule has 0 aliphatic carbocycles. The molecule has 0 amide bonds. The van der Waals surface area contributed by atoms with Crippen LogP contribution in [0.5, 0.6) is 0 Å². The standard InChI is InChI=1S/C18H22FN/c1-3-10-20-13-16-12-17(19)8-9-18(16)15-7-5-6-14(4-2)11-15/h5-9,11-12,20H,3-4,10,13H2,1-2H3. The summed E-state index contributed by atoms with van der Waals surface area (Å²) in [4.78, 5) is 0. The van der Waals surface area contributed by atoms with Crippen LogP contribution < -0.4 is 5.32 Å². The van der Waals surface area contributed by atoms with Crippen LogP contribution >= 0.6 is 0 Å². The topological polar surface area (TPSA) is 12.0 Å². The molecule has 1 nitrogen and oxygen atoms in total. The second-order valence-corrected chi connectivity index (χ2v) is 5.03. The van der Waals surface area contributed by atoms with Gasteiger partial charge >= 0.3 is 0 Å². The highest BCUT2D eigenvalue weighted by molar-refractivity contribution is 5.68. The smallest absolute Gasteiger partial charge is 0.123 e. The van der Waals surface area contributed by atoms with Gasteiger partial charge in [0.1, 0.15) is 5.82 Å². The van der Waals surface area contributed by atoms with E-state index in [0.29, 0.717) is 6.54 Å². The number of rotatable bonds is 6. The maximum atomic E-state index is 13.5. The Balaban J connectivity index is 2.33. The minimum absolute atomic E-state index is 0.173. The molecule has 0 heterocycles. The number of aryl methyl sites for hydroxylation is 1. The largest absolute Gasteiger partial charge is 0.313 e. The molecular formula is C18H22FN. The van der Waals surface area contributed by atoms with Crippen LogP contribution in [0.2, 0.25) is 0 Å². The van der Waals surface area contributed by atoms with E-state index in [2.05, 4.69) is 43.4 Å². The van der Waals surface area contributed by atoms with Gasteiger partial charge in [0.2, 0.25) is 0 Å². The minimum atomic E-state index is -0.173. The maximum Gasteiger partial charge on any atom is 0.123 e. The van der Waals surface area contributed by atoms with Gasteiger partial charge < -0.3 is 5.32 Å². The zero-order valence-corrected chi connectivity index (χ0v) is 12.2. The Bertz CT molecular complexity index is 563. The van der Waals surface area contributed by atoms with Crippen molar-refractivity contribution < 1.29 is 4.39 Å². The summed E-state index contributed by atoms with van der Waals surface area (Å²) in [6.45, 7) is 5.93. The third-order valence-electron chi connectivity index (χ3n) is 3.46. The van der Waals surface area contributed by atoms with Crippen molar-refractivity contribution >= 4 is 0 Å². The molecule has 2 aromatic carbocycles. The van der Waals surface area contributed by atoms with Crippen molar-refractivity contribution in [3.63, 3.8) is 0 Å². The second-order valence-electron chi connectivity index (χ2n) is 5.03. The SMILES string of the molecule is CCCNCc1cc(F)ccc1-c1cccc(CC)c1. The van der Waals surface area contributed by atoms with Crippen LogP contribution in [-0.2, 0) is 13.0 Å². The zero-order chi connectivity index (χ0) is 14.4. The predicted molar refractivity (Wildman–Crippen MR) is 83.2 cm³/mol. The summed E-state index contributed by atoms with van der Waals surface area (Å²) in [5.74, 6) is -0.173. The number of benzene rings is 2. The van der Waals surface area contributed by atoms with E-state index in [1.165, 1.54) is 11.6 Å². The highest BCUT2D eigenvalue weighted by Crippen LogP contribution is 2.25. The zero-order valence-electron chi connectivity index (χ0n) is 12.2. The van der Waals surface area contributed by atoms with Gasteiger partial charge in [0, 0.05) is 6.54 Å². The predicted octanol–water partition coefficient (Wildman–Crippen LogP) is 4.55. The molecule has 0 aliphatic rings. The van der Waals surface area contributed by atoms with Gasteiger partial charge in [0.15, 0.2) is 0 Å². The number of nitrogens with one attached hydrogen (secondary N) is 1. The number of hydrogen-bond donors (Lipinski definition) is 1. The van der Waals surface area contributed by atoms with E-state index in [1.807, 2.05) is 6.07 Å². The number of hydrogen-bond acceptors (Lipinski definition) is 1. The Kier molecular flexibility index (Phi) is 5.31. The molecule has 106 valence electrons. The summed E-state index contributed by atoms with van der Waals surface area (Å²) in [6.07, 6.45) is 2.09. The van der Waals surface area contributed by atoms with Crippen molar-refractivity contribution in [2.24, 2.45) is 0 Å². The molecule has 2 rings (SSSR count). The molecule has 0 spiro atoms. The molecule has 0 radical (unpaired) electrons. The average molecular weight is 271 g/mol. The van der Waals surface area contributed by atoms with Crippen LogP contribution in [0.15, 0.2) is 42.5 Å². The lowest BCUT2D eigenvalue weighted by atomic mass is 9.97. The van der Waals surface area contributed by atoms with Gasteiger partial charge in [-0.1, -0.05) is 44.2 Å². The van der Waals surface area contributed by atoms with Crippen molar-refractivity contribution in [2.75, 3.05) is 6.54 Å². The lowest BCUT2D eigenvalue weighted by Gasteiger charge is -2.12. The van der Waals surface area contributed by atoms with Gasteiger partial charge in [-0.15, -0.1) is 0 Å². The summed E-state index contributed by atoms with van der Waals surface area (Å²) in [6, 6.07) is 13.5. The Hall–Kier alpha value is -1.67. The summed E-state index contributed by atoms with van der Waals surface area (Å²) < 4.78 is 13.5. The molecule has 0 saturated carbocycles. The van der Waals surface area contributed by atoms with Crippen molar-refractivity contribution in [3.05, 3.63) is 59.4 Å². The summed E-state index contributed by atoms with van der Waals surface area (Å²) in [7, 11) is 0. The van der Waals surface area contributed by atoms with Crippen LogP contribution in [0.25, 0.3) is 11.1 Å². The Morgan fingerprint density at radius 3 is 2.65 bits per heavy atom. The quantitative estimate of drug-likeness (QED) is 0.760. The fraction of sp³-hybridized carbons (Fsp3) is 0.333. The molecule has 0 bridgehead atoms. The first-order valence-corrected chi connectivity index (χ1v) is 7.33. The monoisotopic (exact) mass is 271 g/mol. The molecule has 0 aliphatic heterocycles. The molecule has 0 aromatic heterocycles. The number of halogens is 1. The van der Waals surface area contributed by atoms with Gasteiger partial charge in [-0.25, -0.2) is 4.39 Å². The lowest BCUT2D eigenvalue weighted by Crippen LogP contribution is -2.14.